The van der Waals surface area contributed by atoms with Crippen molar-refractivity contribution in [2.24, 2.45) is 0 Å². The van der Waals surface area contributed by atoms with Gasteiger partial charge < -0.3 is 0 Å². The molecule has 1 rings (SSSR count). The average Bonchev–Trinajstić information content (AvgIpc) is 2.64. The Kier molecular flexibility index (Phi) is 13.7. The van der Waals surface area contributed by atoms with Crippen LogP contribution in [-0.2, 0) is 19.4 Å². The first-order valence-corrected chi connectivity index (χ1v) is 11.3. The smallest absolute Gasteiger partial charge is 0.172 e. The largest absolute Gasteiger partial charge is 0.205 e. The van der Waals surface area contributed by atoms with Crippen LogP contribution in [-0.4, -0.2) is 0 Å². The third-order valence-electron chi connectivity index (χ3n) is 5.32. The fourth-order valence-corrected chi connectivity index (χ4v) is 3.57. The van der Waals surface area contributed by atoms with E-state index in [1.807, 2.05) is 0 Å². The van der Waals surface area contributed by atoms with E-state index in [9.17, 15) is 0 Å². The Labute approximate surface area is 158 Å². The second-order valence-corrected chi connectivity index (χ2v) is 7.77. The molecule has 0 atom stereocenters. The lowest BCUT2D eigenvalue weighted by Gasteiger charge is -2.08. The molecule has 0 aliphatic carbocycles. The molecule has 0 unspecified atom stereocenters. The fraction of sp³-hybridized carbons (Fsp3) is 0.792. The molecule has 25 heavy (non-hydrogen) atoms. The first-order chi connectivity index (χ1) is 12.3. The van der Waals surface area contributed by atoms with Gasteiger partial charge in [0.1, 0.15) is 6.54 Å². The monoisotopic (exact) mass is 346 g/mol. The molecule has 0 bridgehead atoms. The van der Waals surface area contributed by atoms with Crippen molar-refractivity contribution >= 4 is 0 Å². The summed E-state index contributed by atoms with van der Waals surface area (Å²) in [7, 11) is 0. The van der Waals surface area contributed by atoms with Gasteiger partial charge in [-0.1, -0.05) is 78.6 Å². The summed E-state index contributed by atoms with van der Waals surface area (Å²) in [5, 5.41) is 0. The molecular weight excluding hydrogens is 302 g/mol. The van der Waals surface area contributed by atoms with Gasteiger partial charge in [-0.25, -0.2) is 4.57 Å². The topological polar surface area (TPSA) is 3.88 Å². The molecule has 0 aromatic carbocycles. The highest BCUT2D eigenvalue weighted by Gasteiger charge is 2.09. The van der Waals surface area contributed by atoms with Crippen LogP contribution in [0.4, 0.5) is 0 Å². The maximum absolute atomic E-state index is 2.45. The molecule has 1 nitrogen and oxygen atoms in total. The molecule has 0 saturated heterocycles. The molecule has 1 heteroatoms. The number of hydrogen-bond donors (Lipinski definition) is 0. The van der Waals surface area contributed by atoms with E-state index >= 15 is 0 Å². The van der Waals surface area contributed by atoms with Crippen molar-refractivity contribution in [2.45, 2.75) is 124 Å². The van der Waals surface area contributed by atoms with Crippen LogP contribution in [0.2, 0.25) is 0 Å². The first kappa shape index (κ1) is 22.2. The van der Waals surface area contributed by atoms with Crippen molar-refractivity contribution in [3.8, 4) is 0 Å². The standard InChI is InChI=1S/C24H44N/c1-4-7-10-11-12-13-14-15-16-20-25-21-19-23(17-8-5-2)24(22-25)18-9-6-3/h19,21-22H,4-18,20H2,1-3H3/q+1. The van der Waals surface area contributed by atoms with Gasteiger partial charge in [0.05, 0.1) is 0 Å². The van der Waals surface area contributed by atoms with Crippen LogP contribution in [0.5, 0.6) is 0 Å². The van der Waals surface area contributed by atoms with Crippen LogP contribution >= 0.6 is 0 Å². The van der Waals surface area contributed by atoms with Gasteiger partial charge in [-0.2, -0.15) is 0 Å². The number of nitrogens with zero attached hydrogens (tertiary/aromatic N) is 1. The van der Waals surface area contributed by atoms with Crippen molar-refractivity contribution in [1.29, 1.82) is 0 Å². The molecule has 0 N–H and O–H groups in total. The minimum Gasteiger partial charge on any atom is -0.205 e. The summed E-state index contributed by atoms with van der Waals surface area (Å²) >= 11 is 0. The Morgan fingerprint density at radius 1 is 0.600 bits per heavy atom. The van der Waals surface area contributed by atoms with Crippen LogP contribution in [0.1, 0.15) is 115 Å². The fourth-order valence-electron chi connectivity index (χ4n) is 3.57. The van der Waals surface area contributed by atoms with Crippen LogP contribution in [0, 0.1) is 0 Å². The molecule has 1 aromatic heterocycles. The van der Waals surface area contributed by atoms with Crippen molar-refractivity contribution in [3.05, 3.63) is 29.6 Å². The van der Waals surface area contributed by atoms with Crippen LogP contribution < -0.4 is 4.57 Å². The number of pyridine rings is 1. The quantitative estimate of drug-likeness (QED) is 0.220. The Hall–Kier alpha value is -0.850. The number of rotatable bonds is 16. The van der Waals surface area contributed by atoms with Crippen LogP contribution in [0.3, 0.4) is 0 Å². The minimum absolute atomic E-state index is 1.20. The van der Waals surface area contributed by atoms with Gasteiger partial charge in [0.25, 0.3) is 0 Å². The Bertz CT molecular complexity index is 424. The second kappa shape index (κ2) is 15.4. The lowest BCUT2D eigenvalue weighted by Crippen LogP contribution is -2.33. The molecule has 1 heterocycles. The predicted octanol–water partition coefficient (Wildman–Crippen LogP) is 7.19. The highest BCUT2D eigenvalue weighted by atomic mass is 14.9. The van der Waals surface area contributed by atoms with Crippen LogP contribution in [0.15, 0.2) is 18.5 Å². The highest BCUT2D eigenvalue weighted by Crippen LogP contribution is 2.14. The third kappa shape index (κ3) is 10.7. The van der Waals surface area contributed by atoms with Gasteiger partial charge in [-0.05, 0) is 37.7 Å². The van der Waals surface area contributed by atoms with Gasteiger partial charge in [-0.15, -0.1) is 0 Å². The van der Waals surface area contributed by atoms with E-state index in [-0.39, 0.29) is 0 Å². The molecule has 0 fully saturated rings. The maximum atomic E-state index is 2.45. The third-order valence-corrected chi connectivity index (χ3v) is 5.32. The number of unbranched alkanes of at least 4 members (excludes halogenated alkanes) is 10. The number of hydrogen-bond acceptors (Lipinski definition) is 0. The molecule has 1 aromatic rings. The number of aryl methyl sites for hydroxylation is 3. The Morgan fingerprint density at radius 2 is 1.12 bits per heavy atom. The molecule has 0 aliphatic heterocycles. The maximum Gasteiger partial charge on any atom is 0.172 e. The summed E-state index contributed by atoms with van der Waals surface area (Å²) in [5.41, 5.74) is 3.20. The zero-order chi connectivity index (χ0) is 18.2. The van der Waals surface area contributed by atoms with Crippen molar-refractivity contribution < 1.29 is 4.57 Å². The summed E-state index contributed by atoms with van der Waals surface area (Å²) in [6.45, 7) is 8.08. The Balaban J connectivity index is 2.30. The van der Waals surface area contributed by atoms with Crippen LogP contribution in [0.25, 0.3) is 0 Å². The lowest BCUT2D eigenvalue weighted by molar-refractivity contribution is -0.697. The first-order valence-electron chi connectivity index (χ1n) is 11.3. The predicted molar refractivity (Wildman–Crippen MR) is 111 cm³/mol. The highest BCUT2D eigenvalue weighted by molar-refractivity contribution is 5.21. The zero-order valence-corrected chi connectivity index (χ0v) is 17.5. The van der Waals surface area contributed by atoms with E-state index in [1.54, 1.807) is 11.1 Å². The van der Waals surface area contributed by atoms with E-state index < -0.39 is 0 Å². The van der Waals surface area contributed by atoms with E-state index in [0.717, 1.165) is 0 Å². The van der Waals surface area contributed by atoms with Gasteiger partial charge in [0.2, 0.25) is 0 Å². The minimum atomic E-state index is 1.20. The zero-order valence-electron chi connectivity index (χ0n) is 17.5. The van der Waals surface area contributed by atoms with E-state index in [1.165, 1.54) is 103 Å². The molecule has 0 spiro atoms. The lowest BCUT2D eigenvalue weighted by atomic mass is 10.00. The van der Waals surface area contributed by atoms with E-state index in [4.69, 9.17) is 0 Å². The Morgan fingerprint density at radius 3 is 1.72 bits per heavy atom. The van der Waals surface area contributed by atoms with Gasteiger partial charge >= 0.3 is 0 Å². The van der Waals surface area contributed by atoms with E-state index in [2.05, 4.69) is 43.8 Å². The molecular formula is C24H44N+. The molecule has 0 radical (unpaired) electrons. The summed E-state index contributed by atoms with van der Waals surface area (Å²) in [4.78, 5) is 0. The van der Waals surface area contributed by atoms with Gasteiger partial charge in [0, 0.05) is 18.1 Å². The molecule has 0 saturated carbocycles. The van der Waals surface area contributed by atoms with Gasteiger partial charge in [0.15, 0.2) is 12.4 Å². The molecule has 144 valence electrons. The SMILES string of the molecule is CCCCCCCCCCC[n+]1ccc(CCCC)c(CCCC)c1. The van der Waals surface area contributed by atoms with Gasteiger partial charge in [-0.3, -0.25) is 0 Å². The summed E-state index contributed by atoms with van der Waals surface area (Å²) < 4.78 is 2.45. The number of aromatic nitrogens is 1. The molecule has 0 aliphatic rings. The summed E-state index contributed by atoms with van der Waals surface area (Å²) in [6, 6.07) is 2.40. The summed E-state index contributed by atoms with van der Waals surface area (Å²) in [6.07, 6.45) is 25.2. The summed E-state index contributed by atoms with van der Waals surface area (Å²) in [5.74, 6) is 0. The van der Waals surface area contributed by atoms with Crippen molar-refractivity contribution in [3.63, 3.8) is 0 Å². The second-order valence-electron chi connectivity index (χ2n) is 7.77. The van der Waals surface area contributed by atoms with Crippen molar-refractivity contribution in [2.75, 3.05) is 0 Å². The van der Waals surface area contributed by atoms with E-state index in [0.29, 0.717) is 0 Å². The average molecular weight is 347 g/mol. The molecule has 0 amide bonds. The van der Waals surface area contributed by atoms with Crippen molar-refractivity contribution in [1.82, 2.24) is 0 Å². The normalized spacial score (nSPS) is 11.2.